The molecule has 0 radical (unpaired) electrons. The van der Waals surface area contributed by atoms with Gasteiger partial charge < -0.3 is 20.7 Å². The van der Waals surface area contributed by atoms with E-state index in [0.717, 1.165) is 45.9 Å². The molecule has 0 atom stereocenters. The summed E-state index contributed by atoms with van der Waals surface area (Å²) in [7, 11) is 0. The number of anilines is 2. The molecule has 10 heteroatoms. The average molecular weight is 589 g/mol. The molecule has 3 N–H and O–H groups in total. The number of hydrogen-bond donors (Lipinski definition) is 2. The van der Waals surface area contributed by atoms with Gasteiger partial charge in [0.15, 0.2) is 0 Å². The summed E-state index contributed by atoms with van der Waals surface area (Å²) in [5.74, 6) is 0.540. The van der Waals surface area contributed by atoms with E-state index in [-0.39, 0.29) is 17.2 Å². The van der Waals surface area contributed by atoms with Gasteiger partial charge in [0.25, 0.3) is 0 Å². The summed E-state index contributed by atoms with van der Waals surface area (Å²) in [5, 5.41) is 7.14. The quantitative estimate of drug-likeness (QED) is 0.230. The zero-order valence-electron chi connectivity index (χ0n) is 25.5. The summed E-state index contributed by atoms with van der Waals surface area (Å²) in [5.41, 5.74) is 10.6. The SMILES string of the molecule is Cc1cc(C(C)C)cnc1N1CCc2nn(-c3c(C)cccc3OCC(C)C)c(-c3cc(F)c(NC(N)=O)cc3F)c2C1. The Hall–Kier alpha value is -4.47. The molecule has 4 aromatic rings. The van der Waals surface area contributed by atoms with Crippen molar-refractivity contribution in [2.75, 3.05) is 23.4 Å². The molecule has 0 bridgehead atoms. The summed E-state index contributed by atoms with van der Waals surface area (Å²) < 4.78 is 39.1. The van der Waals surface area contributed by atoms with Gasteiger partial charge in [0.1, 0.15) is 28.9 Å². The van der Waals surface area contributed by atoms with Gasteiger partial charge >= 0.3 is 6.03 Å². The summed E-state index contributed by atoms with van der Waals surface area (Å²) in [6.07, 6.45) is 2.49. The van der Waals surface area contributed by atoms with Crippen LogP contribution in [0.5, 0.6) is 5.75 Å². The lowest BCUT2D eigenvalue weighted by Crippen LogP contribution is -2.31. The molecule has 0 saturated carbocycles. The monoisotopic (exact) mass is 588 g/mol. The molecule has 43 heavy (non-hydrogen) atoms. The van der Waals surface area contributed by atoms with Crippen molar-refractivity contribution in [3.63, 3.8) is 0 Å². The number of amides is 2. The van der Waals surface area contributed by atoms with Crippen LogP contribution in [-0.4, -0.2) is 33.9 Å². The topological polar surface area (TPSA) is 98.3 Å². The smallest absolute Gasteiger partial charge is 0.316 e. The number of rotatable bonds is 8. The molecule has 2 amide bonds. The number of nitrogens with two attached hydrogens (primary N) is 1. The van der Waals surface area contributed by atoms with Crippen LogP contribution in [0, 0.1) is 31.4 Å². The maximum absolute atomic E-state index is 15.9. The number of nitrogens with zero attached hydrogens (tertiary/aromatic N) is 4. The summed E-state index contributed by atoms with van der Waals surface area (Å²) in [4.78, 5) is 18.4. The molecule has 0 saturated heterocycles. The van der Waals surface area contributed by atoms with Gasteiger partial charge in [-0.25, -0.2) is 23.2 Å². The zero-order valence-corrected chi connectivity index (χ0v) is 25.5. The number of halogens is 2. The second-order valence-corrected chi connectivity index (χ2v) is 11.8. The normalized spacial score (nSPS) is 13.0. The van der Waals surface area contributed by atoms with E-state index < -0.39 is 17.7 Å². The molecule has 2 aromatic carbocycles. The van der Waals surface area contributed by atoms with Crippen LogP contribution in [0.1, 0.15) is 61.6 Å². The number of carbonyl (C=O) groups excluding carboxylic acids is 1. The van der Waals surface area contributed by atoms with Crippen LogP contribution in [0.15, 0.2) is 42.6 Å². The van der Waals surface area contributed by atoms with Gasteiger partial charge in [-0.1, -0.05) is 45.9 Å². The van der Waals surface area contributed by atoms with Gasteiger partial charge in [-0.2, -0.15) is 5.10 Å². The van der Waals surface area contributed by atoms with Crippen LogP contribution < -0.4 is 20.7 Å². The van der Waals surface area contributed by atoms with Gasteiger partial charge in [-0.05, 0) is 54.5 Å². The van der Waals surface area contributed by atoms with Crippen LogP contribution in [0.4, 0.5) is 25.1 Å². The number of aryl methyl sites for hydroxylation is 2. The Balaban J connectivity index is 1.70. The van der Waals surface area contributed by atoms with Crippen molar-refractivity contribution in [2.45, 2.75) is 60.4 Å². The minimum atomic E-state index is -0.984. The van der Waals surface area contributed by atoms with Crippen LogP contribution in [-0.2, 0) is 13.0 Å². The van der Waals surface area contributed by atoms with E-state index in [0.29, 0.717) is 49.2 Å². The number of para-hydroxylation sites is 1. The van der Waals surface area contributed by atoms with Gasteiger partial charge in [0, 0.05) is 42.9 Å². The van der Waals surface area contributed by atoms with Crippen LogP contribution in [0.2, 0.25) is 0 Å². The van der Waals surface area contributed by atoms with Crippen LogP contribution in [0.25, 0.3) is 16.9 Å². The van der Waals surface area contributed by atoms with E-state index in [1.54, 1.807) is 4.68 Å². The minimum Gasteiger partial charge on any atom is -0.491 e. The second kappa shape index (κ2) is 12.0. The standard InChI is InChI=1S/C33H38F2N6O2/c1-18(2)17-43-29-9-7-8-20(5)30(29)41-31(23-13-26(35)28(14-25(23)34)38-33(36)42)24-16-40(11-10-27(24)39-41)32-21(6)12-22(15-37-32)19(3)4/h7-9,12-15,18-19H,10-11,16-17H2,1-6H3,(H3,36,38,42). The molecule has 0 fully saturated rings. The van der Waals surface area contributed by atoms with Gasteiger partial charge in [0.2, 0.25) is 0 Å². The van der Waals surface area contributed by atoms with Crippen molar-refractivity contribution in [3.05, 3.63) is 82.2 Å². The van der Waals surface area contributed by atoms with Crippen molar-refractivity contribution < 1.29 is 18.3 Å². The summed E-state index contributed by atoms with van der Waals surface area (Å²) in [6, 6.07) is 8.90. The molecule has 0 unspecified atom stereocenters. The number of urea groups is 1. The molecule has 2 aromatic heterocycles. The number of pyridine rings is 1. The Morgan fingerprint density at radius 3 is 2.53 bits per heavy atom. The fourth-order valence-corrected chi connectivity index (χ4v) is 5.46. The maximum atomic E-state index is 15.9. The minimum absolute atomic E-state index is 0.0148. The third-order valence-corrected chi connectivity index (χ3v) is 7.63. The number of hydrogen-bond acceptors (Lipinski definition) is 5. The molecular weight excluding hydrogens is 550 g/mol. The Morgan fingerprint density at radius 1 is 1.09 bits per heavy atom. The van der Waals surface area contributed by atoms with Gasteiger partial charge in [-0.3, -0.25) is 0 Å². The summed E-state index contributed by atoms with van der Waals surface area (Å²) >= 11 is 0. The molecule has 226 valence electrons. The number of fused-ring (bicyclic) bond motifs is 1. The third kappa shape index (κ3) is 6.04. The lowest BCUT2D eigenvalue weighted by atomic mass is 9.98. The Kier molecular flexibility index (Phi) is 8.39. The zero-order chi connectivity index (χ0) is 31.0. The molecule has 8 nitrogen and oxygen atoms in total. The van der Waals surface area contributed by atoms with E-state index in [1.807, 2.05) is 38.2 Å². The Labute approximate surface area is 250 Å². The number of carbonyl (C=O) groups is 1. The lowest BCUT2D eigenvalue weighted by molar-refractivity contribution is 0.259. The van der Waals surface area contributed by atoms with Crippen molar-refractivity contribution in [1.82, 2.24) is 14.8 Å². The van der Waals surface area contributed by atoms with Crippen LogP contribution >= 0.6 is 0 Å². The number of ether oxygens (including phenoxy) is 1. The largest absolute Gasteiger partial charge is 0.491 e. The fourth-order valence-electron chi connectivity index (χ4n) is 5.46. The fraction of sp³-hybridized carbons (Fsp3) is 0.364. The van der Waals surface area contributed by atoms with Crippen molar-refractivity contribution in [3.8, 4) is 22.7 Å². The molecule has 1 aliphatic rings. The molecule has 5 rings (SSSR count). The first-order chi connectivity index (χ1) is 20.4. The molecule has 0 aliphatic carbocycles. The lowest BCUT2D eigenvalue weighted by Gasteiger charge is -2.29. The third-order valence-electron chi connectivity index (χ3n) is 7.63. The number of aromatic nitrogens is 3. The van der Waals surface area contributed by atoms with E-state index in [1.165, 1.54) is 0 Å². The highest BCUT2D eigenvalue weighted by Gasteiger charge is 2.31. The molecule has 3 heterocycles. The number of nitrogens with one attached hydrogen (secondary N) is 1. The second-order valence-electron chi connectivity index (χ2n) is 11.8. The number of benzene rings is 2. The predicted molar refractivity (Wildman–Crippen MR) is 165 cm³/mol. The van der Waals surface area contributed by atoms with Crippen LogP contribution in [0.3, 0.4) is 0 Å². The predicted octanol–water partition coefficient (Wildman–Crippen LogP) is 7.04. The molecule has 0 spiro atoms. The highest BCUT2D eigenvalue weighted by Crippen LogP contribution is 2.40. The van der Waals surface area contributed by atoms with Crippen molar-refractivity contribution in [1.29, 1.82) is 0 Å². The van der Waals surface area contributed by atoms with E-state index in [4.69, 9.17) is 20.6 Å². The maximum Gasteiger partial charge on any atom is 0.316 e. The highest BCUT2D eigenvalue weighted by molar-refractivity contribution is 5.88. The molecular formula is C33H38F2N6O2. The van der Waals surface area contributed by atoms with Gasteiger partial charge in [-0.15, -0.1) is 0 Å². The Bertz CT molecular complexity index is 1680. The molecule has 1 aliphatic heterocycles. The van der Waals surface area contributed by atoms with E-state index >= 15 is 8.78 Å². The van der Waals surface area contributed by atoms with Crippen molar-refractivity contribution in [2.24, 2.45) is 11.7 Å². The average Bonchev–Trinajstić information content (AvgIpc) is 3.31. The van der Waals surface area contributed by atoms with Gasteiger partial charge in [0.05, 0.1) is 23.7 Å². The van der Waals surface area contributed by atoms with E-state index in [9.17, 15) is 4.79 Å². The Morgan fingerprint density at radius 2 is 1.86 bits per heavy atom. The highest BCUT2D eigenvalue weighted by atomic mass is 19.1. The van der Waals surface area contributed by atoms with E-state index in [2.05, 4.69) is 44.0 Å². The van der Waals surface area contributed by atoms with Crippen molar-refractivity contribution >= 4 is 17.5 Å². The first-order valence-corrected chi connectivity index (χ1v) is 14.6. The number of primary amides is 1. The first kappa shape index (κ1) is 30.0. The summed E-state index contributed by atoms with van der Waals surface area (Å²) in [6.45, 7) is 13.9. The first-order valence-electron chi connectivity index (χ1n) is 14.6.